The number of carbonyl (C=O) groups excluding carboxylic acids is 1. The molecular formula is C21H23F3N2O3. The lowest BCUT2D eigenvalue weighted by Crippen LogP contribution is -2.41. The Kier molecular flexibility index (Phi) is 5.63. The SMILES string of the molecule is O=C(c1nc(-c2ccc(C(F)(F)F)cc2)oc1C1CCCCC1)N1CCOCC1. The molecule has 0 atom stereocenters. The van der Waals surface area contributed by atoms with Gasteiger partial charge < -0.3 is 14.1 Å². The third kappa shape index (κ3) is 4.32. The summed E-state index contributed by atoms with van der Waals surface area (Å²) in [7, 11) is 0. The molecular weight excluding hydrogens is 385 g/mol. The molecule has 1 aromatic carbocycles. The molecule has 1 saturated heterocycles. The molecule has 2 aliphatic rings. The number of hydrogen-bond acceptors (Lipinski definition) is 4. The summed E-state index contributed by atoms with van der Waals surface area (Å²) in [4.78, 5) is 19.2. The maximum atomic E-state index is 13.1. The van der Waals surface area contributed by atoms with Crippen LogP contribution >= 0.6 is 0 Å². The van der Waals surface area contributed by atoms with Gasteiger partial charge in [0.25, 0.3) is 5.91 Å². The summed E-state index contributed by atoms with van der Waals surface area (Å²) < 4.78 is 49.9. The number of amides is 1. The van der Waals surface area contributed by atoms with Gasteiger partial charge in [0, 0.05) is 24.6 Å². The fourth-order valence-corrected chi connectivity index (χ4v) is 3.97. The van der Waals surface area contributed by atoms with E-state index in [0.717, 1.165) is 44.2 Å². The lowest BCUT2D eigenvalue weighted by atomic mass is 9.86. The van der Waals surface area contributed by atoms with Crippen molar-refractivity contribution in [2.45, 2.75) is 44.2 Å². The molecule has 0 bridgehead atoms. The van der Waals surface area contributed by atoms with Crippen molar-refractivity contribution in [3.63, 3.8) is 0 Å². The molecule has 0 radical (unpaired) electrons. The Morgan fingerprint density at radius 1 is 1.03 bits per heavy atom. The number of benzene rings is 1. The largest absolute Gasteiger partial charge is 0.440 e. The Morgan fingerprint density at radius 2 is 1.69 bits per heavy atom. The highest BCUT2D eigenvalue weighted by Gasteiger charge is 2.33. The monoisotopic (exact) mass is 408 g/mol. The zero-order valence-corrected chi connectivity index (χ0v) is 16.0. The molecule has 1 aromatic heterocycles. The second-order valence-corrected chi connectivity index (χ2v) is 7.55. The third-order valence-corrected chi connectivity index (χ3v) is 5.59. The van der Waals surface area contributed by atoms with E-state index in [1.165, 1.54) is 12.1 Å². The molecule has 0 N–H and O–H groups in total. The topological polar surface area (TPSA) is 55.6 Å². The summed E-state index contributed by atoms with van der Waals surface area (Å²) >= 11 is 0. The molecule has 0 spiro atoms. The van der Waals surface area contributed by atoms with Crippen LogP contribution in [0.1, 0.15) is 59.8 Å². The van der Waals surface area contributed by atoms with E-state index >= 15 is 0 Å². The van der Waals surface area contributed by atoms with Crippen LogP contribution in [0.15, 0.2) is 28.7 Å². The molecule has 1 saturated carbocycles. The van der Waals surface area contributed by atoms with Gasteiger partial charge in [0.1, 0.15) is 5.76 Å². The van der Waals surface area contributed by atoms with Crippen molar-refractivity contribution in [1.82, 2.24) is 9.88 Å². The summed E-state index contributed by atoms with van der Waals surface area (Å²) in [5.41, 5.74) is -0.0188. The van der Waals surface area contributed by atoms with Crippen molar-refractivity contribution in [2.24, 2.45) is 0 Å². The zero-order valence-electron chi connectivity index (χ0n) is 16.0. The average Bonchev–Trinajstić information content (AvgIpc) is 3.19. The number of alkyl halides is 3. The van der Waals surface area contributed by atoms with Gasteiger partial charge in [0.2, 0.25) is 5.89 Å². The van der Waals surface area contributed by atoms with Crippen molar-refractivity contribution in [3.8, 4) is 11.5 Å². The lowest BCUT2D eigenvalue weighted by molar-refractivity contribution is -0.137. The van der Waals surface area contributed by atoms with Gasteiger partial charge in [-0.15, -0.1) is 0 Å². The predicted molar refractivity (Wildman–Crippen MR) is 99.5 cm³/mol. The van der Waals surface area contributed by atoms with Gasteiger partial charge in [-0.2, -0.15) is 13.2 Å². The fraction of sp³-hybridized carbons (Fsp3) is 0.524. The van der Waals surface area contributed by atoms with Crippen LogP contribution in [0.3, 0.4) is 0 Å². The molecule has 156 valence electrons. The van der Waals surface area contributed by atoms with Crippen molar-refractivity contribution >= 4 is 5.91 Å². The number of rotatable bonds is 3. The molecule has 4 rings (SSSR count). The molecule has 1 aliphatic carbocycles. The molecule has 2 heterocycles. The number of nitrogens with zero attached hydrogens (tertiary/aromatic N) is 2. The molecule has 29 heavy (non-hydrogen) atoms. The second-order valence-electron chi connectivity index (χ2n) is 7.55. The van der Waals surface area contributed by atoms with Crippen molar-refractivity contribution in [1.29, 1.82) is 0 Å². The van der Waals surface area contributed by atoms with Crippen molar-refractivity contribution < 1.29 is 27.1 Å². The van der Waals surface area contributed by atoms with E-state index in [1.54, 1.807) is 4.90 Å². The van der Waals surface area contributed by atoms with Gasteiger partial charge in [-0.25, -0.2) is 4.98 Å². The maximum Gasteiger partial charge on any atom is 0.416 e. The second kappa shape index (κ2) is 8.18. The third-order valence-electron chi connectivity index (χ3n) is 5.59. The Bertz CT molecular complexity index is 849. The molecule has 5 nitrogen and oxygen atoms in total. The minimum atomic E-state index is -4.40. The van der Waals surface area contributed by atoms with Crippen LogP contribution in [-0.2, 0) is 10.9 Å². The minimum absolute atomic E-state index is 0.111. The first kappa shape index (κ1) is 19.9. The highest BCUT2D eigenvalue weighted by molar-refractivity contribution is 5.94. The molecule has 0 unspecified atom stereocenters. The van der Waals surface area contributed by atoms with Gasteiger partial charge in [-0.1, -0.05) is 19.3 Å². The van der Waals surface area contributed by atoms with E-state index in [9.17, 15) is 18.0 Å². The molecule has 2 fully saturated rings. The number of oxazole rings is 1. The average molecular weight is 408 g/mol. The van der Waals surface area contributed by atoms with E-state index in [2.05, 4.69) is 4.98 Å². The zero-order chi connectivity index (χ0) is 20.4. The van der Waals surface area contributed by atoms with Crippen LogP contribution in [0.5, 0.6) is 0 Å². The first-order valence-electron chi connectivity index (χ1n) is 9.99. The summed E-state index contributed by atoms with van der Waals surface area (Å²) in [6.07, 6.45) is 0.720. The number of halogens is 3. The smallest absolute Gasteiger partial charge is 0.416 e. The van der Waals surface area contributed by atoms with Gasteiger partial charge >= 0.3 is 6.18 Å². The lowest BCUT2D eigenvalue weighted by Gasteiger charge is -2.27. The van der Waals surface area contributed by atoms with Crippen LogP contribution in [0.2, 0.25) is 0 Å². The maximum absolute atomic E-state index is 13.1. The summed E-state index contributed by atoms with van der Waals surface area (Å²) in [6.45, 7) is 1.94. The Labute approximate surface area is 166 Å². The molecule has 1 amide bonds. The minimum Gasteiger partial charge on any atom is -0.440 e. The Morgan fingerprint density at radius 3 is 2.31 bits per heavy atom. The van der Waals surface area contributed by atoms with Crippen LogP contribution in [0.25, 0.3) is 11.5 Å². The van der Waals surface area contributed by atoms with E-state index < -0.39 is 11.7 Å². The van der Waals surface area contributed by atoms with Crippen LogP contribution in [-0.4, -0.2) is 42.1 Å². The quantitative estimate of drug-likeness (QED) is 0.726. The fourth-order valence-electron chi connectivity index (χ4n) is 3.97. The molecule has 2 aromatic rings. The van der Waals surface area contributed by atoms with Gasteiger partial charge in [0.15, 0.2) is 5.69 Å². The summed E-state index contributed by atoms with van der Waals surface area (Å²) in [6, 6.07) is 4.68. The highest BCUT2D eigenvalue weighted by atomic mass is 19.4. The normalized spacial score (nSPS) is 18.8. The number of carbonyl (C=O) groups is 1. The standard InChI is InChI=1S/C21H23F3N2O3/c22-21(23,24)16-8-6-15(7-9-16)19-25-17(20(27)26-10-12-28-13-11-26)18(29-19)14-4-2-1-3-5-14/h6-9,14H,1-5,10-13H2. The predicted octanol–water partition coefficient (Wildman–Crippen LogP) is 4.88. The van der Waals surface area contributed by atoms with Gasteiger partial charge in [-0.3, -0.25) is 4.79 Å². The van der Waals surface area contributed by atoms with E-state index in [0.29, 0.717) is 37.6 Å². The van der Waals surface area contributed by atoms with Crippen LogP contribution in [0.4, 0.5) is 13.2 Å². The molecule has 8 heteroatoms. The van der Waals surface area contributed by atoms with Crippen molar-refractivity contribution in [2.75, 3.05) is 26.3 Å². The Balaban J connectivity index is 1.68. The number of aromatic nitrogens is 1. The van der Waals surface area contributed by atoms with Gasteiger partial charge in [0.05, 0.1) is 18.8 Å². The summed E-state index contributed by atoms with van der Waals surface area (Å²) in [5, 5.41) is 0. The van der Waals surface area contributed by atoms with Crippen LogP contribution in [0, 0.1) is 0 Å². The van der Waals surface area contributed by atoms with Crippen molar-refractivity contribution in [3.05, 3.63) is 41.3 Å². The number of ether oxygens (including phenoxy) is 1. The Hall–Kier alpha value is -2.35. The van der Waals surface area contributed by atoms with Gasteiger partial charge in [-0.05, 0) is 37.1 Å². The number of morpholine rings is 1. The first-order chi connectivity index (χ1) is 13.9. The van der Waals surface area contributed by atoms with E-state index in [4.69, 9.17) is 9.15 Å². The highest BCUT2D eigenvalue weighted by Crippen LogP contribution is 2.38. The first-order valence-corrected chi connectivity index (χ1v) is 9.99. The van der Waals surface area contributed by atoms with E-state index in [1.807, 2.05) is 0 Å². The van der Waals surface area contributed by atoms with E-state index in [-0.39, 0.29) is 23.4 Å². The molecule has 1 aliphatic heterocycles. The summed E-state index contributed by atoms with van der Waals surface area (Å²) in [5.74, 6) is 0.669. The van der Waals surface area contributed by atoms with Crippen LogP contribution < -0.4 is 0 Å². The number of hydrogen-bond donors (Lipinski definition) is 0.